The average molecular weight is 290 g/mol. The Morgan fingerprint density at radius 3 is 2.70 bits per heavy atom. The van der Waals surface area contributed by atoms with Gasteiger partial charge in [0.1, 0.15) is 0 Å². The second-order valence-corrected chi connectivity index (χ2v) is 4.73. The fourth-order valence-electron chi connectivity index (χ4n) is 1.83. The highest BCUT2D eigenvalue weighted by Crippen LogP contribution is 2.24. The van der Waals surface area contributed by atoms with Crippen molar-refractivity contribution < 1.29 is 4.79 Å². The fourth-order valence-corrected chi connectivity index (χ4v) is 2.02. The number of nitrogen functional groups attached to an aromatic ring is 1. The molecule has 0 aliphatic carbocycles. The summed E-state index contributed by atoms with van der Waals surface area (Å²) in [5, 5.41) is 6.34. The molecule has 2 aromatic rings. The number of nitrogens with one attached hydrogen (secondary N) is 2. The Morgan fingerprint density at radius 1 is 1.25 bits per heavy atom. The van der Waals surface area contributed by atoms with Crippen molar-refractivity contribution in [3.05, 3.63) is 58.6 Å². The van der Waals surface area contributed by atoms with Crippen LogP contribution in [0.1, 0.15) is 15.9 Å². The van der Waals surface area contributed by atoms with E-state index in [-0.39, 0.29) is 5.91 Å². The molecule has 4 N–H and O–H groups in total. The monoisotopic (exact) mass is 289 g/mol. The number of benzene rings is 2. The average Bonchev–Trinajstić information content (AvgIpc) is 2.47. The number of anilines is 2. The Bertz CT molecular complexity index is 628. The molecule has 0 bridgehead atoms. The second-order valence-electron chi connectivity index (χ2n) is 4.33. The van der Waals surface area contributed by atoms with Crippen LogP contribution in [0.15, 0.2) is 42.5 Å². The molecule has 0 heterocycles. The van der Waals surface area contributed by atoms with Crippen LogP contribution in [0.5, 0.6) is 0 Å². The van der Waals surface area contributed by atoms with E-state index in [9.17, 15) is 4.79 Å². The number of hydrogen-bond donors (Lipinski definition) is 3. The van der Waals surface area contributed by atoms with Gasteiger partial charge in [-0.05, 0) is 29.8 Å². The minimum absolute atomic E-state index is 0.149. The molecule has 2 aromatic carbocycles. The molecule has 0 fully saturated rings. The van der Waals surface area contributed by atoms with Crippen molar-refractivity contribution in [2.24, 2.45) is 0 Å². The number of amides is 1. The number of carbonyl (C=O) groups excluding carboxylic acids is 1. The third kappa shape index (κ3) is 3.22. The first kappa shape index (κ1) is 14.2. The summed E-state index contributed by atoms with van der Waals surface area (Å²) in [4.78, 5) is 11.6. The zero-order chi connectivity index (χ0) is 14.5. The maximum Gasteiger partial charge on any atom is 0.251 e. The van der Waals surface area contributed by atoms with Gasteiger partial charge in [-0.3, -0.25) is 4.79 Å². The quantitative estimate of drug-likeness (QED) is 0.758. The first-order valence-corrected chi connectivity index (χ1v) is 6.58. The third-order valence-corrected chi connectivity index (χ3v) is 3.31. The van der Waals surface area contributed by atoms with Crippen LogP contribution in [0.4, 0.5) is 11.4 Å². The minimum atomic E-state index is -0.149. The van der Waals surface area contributed by atoms with Crippen LogP contribution in [0.2, 0.25) is 5.02 Å². The Labute approximate surface area is 122 Å². The Morgan fingerprint density at radius 2 is 2.00 bits per heavy atom. The van der Waals surface area contributed by atoms with Crippen molar-refractivity contribution in [3.63, 3.8) is 0 Å². The van der Waals surface area contributed by atoms with E-state index < -0.39 is 0 Å². The zero-order valence-electron chi connectivity index (χ0n) is 11.1. The molecule has 104 valence electrons. The van der Waals surface area contributed by atoms with E-state index in [1.54, 1.807) is 25.2 Å². The van der Waals surface area contributed by atoms with E-state index in [1.165, 1.54) is 0 Å². The summed E-state index contributed by atoms with van der Waals surface area (Å²) in [5.74, 6) is -0.149. The van der Waals surface area contributed by atoms with Gasteiger partial charge in [-0.15, -0.1) is 0 Å². The van der Waals surface area contributed by atoms with Gasteiger partial charge in [0, 0.05) is 24.8 Å². The van der Waals surface area contributed by atoms with E-state index >= 15 is 0 Å². The van der Waals surface area contributed by atoms with Gasteiger partial charge in [0.2, 0.25) is 0 Å². The molecule has 0 aliphatic rings. The highest BCUT2D eigenvalue weighted by atomic mass is 35.5. The standard InChI is InChI=1S/C15H16ClN3O/c1-18-15(20)10-6-7-12(16)14(8-10)19-9-11-4-2-3-5-13(11)17/h2-8,19H,9,17H2,1H3,(H,18,20). The summed E-state index contributed by atoms with van der Waals surface area (Å²) in [6.45, 7) is 0.545. The van der Waals surface area contributed by atoms with Crippen LogP contribution in [-0.4, -0.2) is 13.0 Å². The van der Waals surface area contributed by atoms with E-state index in [0.717, 1.165) is 11.3 Å². The molecular weight excluding hydrogens is 274 g/mol. The number of halogens is 1. The van der Waals surface area contributed by atoms with Crippen LogP contribution in [0.3, 0.4) is 0 Å². The summed E-state index contributed by atoms with van der Waals surface area (Å²) in [6.07, 6.45) is 0. The largest absolute Gasteiger partial charge is 0.398 e. The highest BCUT2D eigenvalue weighted by molar-refractivity contribution is 6.33. The van der Waals surface area contributed by atoms with Gasteiger partial charge >= 0.3 is 0 Å². The number of para-hydroxylation sites is 1. The molecule has 0 aliphatic heterocycles. The second kappa shape index (κ2) is 6.30. The van der Waals surface area contributed by atoms with Gasteiger partial charge in [0.25, 0.3) is 5.91 Å². The van der Waals surface area contributed by atoms with Crippen LogP contribution >= 0.6 is 11.6 Å². The number of nitrogens with two attached hydrogens (primary N) is 1. The molecule has 0 saturated carbocycles. The molecule has 1 amide bonds. The molecule has 0 aromatic heterocycles. The Balaban J connectivity index is 2.17. The summed E-state index contributed by atoms with van der Waals surface area (Å²) >= 11 is 6.12. The van der Waals surface area contributed by atoms with Crippen LogP contribution in [0, 0.1) is 0 Å². The summed E-state index contributed by atoms with van der Waals surface area (Å²) in [5.41, 5.74) is 8.85. The molecular formula is C15H16ClN3O. The van der Waals surface area contributed by atoms with E-state index in [2.05, 4.69) is 10.6 Å². The van der Waals surface area contributed by atoms with Crippen LogP contribution in [-0.2, 0) is 6.54 Å². The maximum absolute atomic E-state index is 11.6. The predicted octanol–water partition coefficient (Wildman–Crippen LogP) is 2.89. The van der Waals surface area contributed by atoms with Gasteiger partial charge < -0.3 is 16.4 Å². The molecule has 0 unspecified atom stereocenters. The molecule has 0 saturated heterocycles. The first-order chi connectivity index (χ1) is 9.61. The fraction of sp³-hybridized carbons (Fsp3) is 0.133. The molecule has 20 heavy (non-hydrogen) atoms. The molecule has 0 spiro atoms. The normalized spacial score (nSPS) is 10.1. The van der Waals surface area contributed by atoms with Crippen molar-refractivity contribution in [2.45, 2.75) is 6.54 Å². The van der Waals surface area contributed by atoms with Crippen LogP contribution < -0.4 is 16.4 Å². The lowest BCUT2D eigenvalue weighted by atomic mass is 10.1. The minimum Gasteiger partial charge on any atom is -0.398 e. The lowest BCUT2D eigenvalue weighted by Crippen LogP contribution is -2.17. The number of hydrogen-bond acceptors (Lipinski definition) is 3. The van der Waals surface area contributed by atoms with Gasteiger partial charge in [-0.25, -0.2) is 0 Å². The van der Waals surface area contributed by atoms with Gasteiger partial charge in [-0.2, -0.15) is 0 Å². The van der Waals surface area contributed by atoms with E-state index in [1.807, 2.05) is 24.3 Å². The molecule has 5 heteroatoms. The first-order valence-electron chi connectivity index (χ1n) is 6.20. The van der Waals surface area contributed by atoms with Gasteiger partial charge in [-0.1, -0.05) is 29.8 Å². The molecule has 2 rings (SSSR count). The van der Waals surface area contributed by atoms with E-state index in [0.29, 0.717) is 22.8 Å². The van der Waals surface area contributed by atoms with Crippen molar-refractivity contribution in [1.82, 2.24) is 5.32 Å². The van der Waals surface area contributed by atoms with Crippen molar-refractivity contribution in [1.29, 1.82) is 0 Å². The third-order valence-electron chi connectivity index (χ3n) is 2.98. The van der Waals surface area contributed by atoms with Gasteiger partial charge in [0.15, 0.2) is 0 Å². The highest BCUT2D eigenvalue weighted by Gasteiger charge is 2.07. The molecule has 0 radical (unpaired) electrons. The maximum atomic E-state index is 11.6. The summed E-state index contributed by atoms with van der Waals surface area (Å²) in [7, 11) is 1.59. The number of rotatable bonds is 4. The van der Waals surface area contributed by atoms with Crippen molar-refractivity contribution >= 4 is 28.9 Å². The van der Waals surface area contributed by atoms with Crippen molar-refractivity contribution in [2.75, 3.05) is 18.1 Å². The lowest BCUT2D eigenvalue weighted by molar-refractivity contribution is 0.0963. The smallest absolute Gasteiger partial charge is 0.251 e. The van der Waals surface area contributed by atoms with Crippen LogP contribution in [0.25, 0.3) is 0 Å². The lowest BCUT2D eigenvalue weighted by Gasteiger charge is -2.11. The van der Waals surface area contributed by atoms with Crippen molar-refractivity contribution in [3.8, 4) is 0 Å². The molecule has 0 atom stereocenters. The number of carbonyl (C=O) groups is 1. The van der Waals surface area contributed by atoms with E-state index in [4.69, 9.17) is 17.3 Å². The SMILES string of the molecule is CNC(=O)c1ccc(Cl)c(NCc2ccccc2N)c1. The summed E-state index contributed by atoms with van der Waals surface area (Å²) < 4.78 is 0. The summed E-state index contributed by atoms with van der Waals surface area (Å²) in [6, 6.07) is 12.7. The zero-order valence-corrected chi connectivity index (χ0v) is 11.9. The Kier molecular flexibility index (Phi) is 4.48. The predicted molar refractivity (Wildman–Crippen MR) is 83.0 cm³/mol. The topological polar surface area (TPSA) is 67.2 Å². The molecule has 4 nitrogen and oxygen atoms in total. The van der Waals surface area contributed by atoms with Gasteiger partial charge in [0.05, 0.1) is 10.7 Å². The Hall–Kier alpha value is -2.20.